The summed E-state index contributed by atoms with van der Waals surface area (Å²) in [6.45, 7) is 3.91. The third kappa shape index (κ3) is 4.48. The number of hydrogen-bond acceptors (Lipinski definition) is 6. The number of methoxy groups -OCH3 is 1. The number of rotatable bonds is 7. The highest BCUT2D eigenvalue weighted by atomic mass is 32.2. The molecular weight excluding hydrogens is 354 g/mol. The predicted molar refractivity (Wildman–Crippen MR) is 102 cm³/mol. The molecule has 1 aromatic heterocycles. The molecule has 0 atom stereocenters. The van der Waals surface area contributed by atoms with Crippen molar-refractivity contribution in [1.82, 2.24) is 9.71 Å². The Morgan fingerprint density at radius 1 is 1.27 bits per heavy atom. The Kier molecular flexibility index (Phi) is 5.72. The number of ether oxygens (including phenoxy) is 1. The number of benzene rings is 1. The number of nitrogens with zero attached hydrogens (tertiary/aromatic N) is 1. The zero-order valence-corrected chi connectivity index (χ0v) is 16.3. The van der Waals surface area contributed by atoms with Crippen LogP contribution < -0.4 is 14.8 Å². The Balaban J connectivity index is 1.51. The number of hydrogen-bond donors (Lipinski definition) is 2. The Morgan fingerprint density at radius 2 is 2.00 bits per heavy atom. The van der Waals surface area contributed by atoms with Crippen molar-refractivity contribution in [2.24, 2.45) is 5.92 Å². The number of anilines is 1. The first-order chi connectivity index (χ1) is 12.4. The van der Waals surface area contributed by atoms with Gasteiger partial charge in [-0.1, -0.05) is 0 Å². The average molecular weight is 381 g/mol. The SMILES string of the molecule is COc1ccc2oc(NC3CCC(CNS(=O)(=O)C(C)C)CC3)nc2c1. The third-order valence-corrected chi connectivity index (χ3v) is 6.77. The molecule has 26 heavy (non-hydrogen) atoms. The van der Waals surface area contributed by atoms with Gasteiger partial charge in [0.25, 0.3) is 6.01 Å². The minimum absolute atomic E-state index is 0.294. The highest BCUT2D eigenvalue weighted by Gasteiger charge is 2.24. The van der Waals surface area contributed by atoms with E-state index in [-0.39, 0.29) is 0 Å². The van der Waals surface area contributed by atoms with Crippen molar-refractivity contribution in [3.8, 4) is 5.75 Å². The largest absolute Gasteiger partial charge is 0.497 e. The Hall–Kier alpha value is -1.80. The summed E-state index contributed by atoms with van der Waals surface area (Å²) in [4.78, 5) is 4.47. The summed E-state index contributed by atoms with van der Waals surface area (Å²) in [6.07, 6.45) is 3.89. The highest BCUT2D eigenvalue weighted by Crippen LogP contribution is 2.28. The smallest absolute Gasteiger partial charge is 0.295 e. The van der Waals surface area contributed by atoms with E-state index in [4.69, 9.17) is 9.15 Å². The van der Waals surface area contributed by atoms with Crippen LogP contribution in [0.15, 0.2) is 22.6 Å². The van der Waals surface area contributed by atoms with Gasteiger partial charge in [0.15, 0.2) is 5.58 Å². The molecule has 1 saturated carbocycles. The second-order valence-corrected chi connectivity index (χ2v) is 9.48. The first-order valence-corrected chi connectivity index (χ1v) is 10.6. The predicted octanol–water partition coefficient (Wildman–Crippen LogP) is 3.13. The second kappa shape index (κ2) is 7.84. The molecule has 1 aliphatic rings. The molecule has 2 N–H and O–H groups in total. The summed E-state index contributed by atoms with van der Waals surface area (Å²) in [5.41, 5.74) is 1.49. The maximum absolute atomic E-state index is 11.9. The van der Waals surface area contributed by atoms with Gasteiger partial charge in [0.2, 0.25) is 10.0 Å². The molecule has 144 valence electrons. The lowest BCUT2D eigenvalue weighted by atomic mass is 9.86. The fourth-order valence-electron chi connectivity index (χ4n) is 3.18. The van der Waals surface area contributed by atoms with E-state index in [9.17, 15) is 8.42 Å². The number of aromatic nitrogens is 1. The summed E-state index contributed by atoms with van der Waals surface area (Å²) < 4.78 is 37.4. The first kappa shape index (κ1) is 19.0. The molecular formula is C18H27N3O4S. The lowest BCUT2D eigenvalue weighted by Crippen LogP contribution is -2.37. The van der Waals surface area contributed by atoms with E-state index >= 15 is 0 Å². The van der Waals surface area contributed by atoms with Crippen LogP contribution in [0.2, 0.25) is 0 Å². The second-order valence-electron chi connectivity index (χ2n) is 7.16. The van der Waals surface area contributed by atoms with E-state index in [0.29, 0.717) is 24.5 Å². The monoisotopic (exact) mass is 381 g/mol. The maximum Gasteiger partial charge on any atom is 0.295 e. The molecule has 3 rings (SSSR count). The Morgan fingerprint density at radius 3 is 2.65 bits per heavy atom. The van der Waals surface area contributed by atoms with Crippen molar-refractivity contribution in [3.63, 3.8) is 0 Å². The van der Waals surface area contributed by atoms with E-state index in [0.717, 1.165) is 42.5 Å². The Bertz CT molecular complexity index is 839. The van der Waals surface area contributed by atoms with Crippen LogP contribution in [0.25, 0.3) is 11.1 Å². The zero-order chi connectivity index (χ0) is 18.7. The van der Waals surface area contributed by atoms with Gasteiger partial charge in [0.05, 0.1) is 12.4 Å². The molecule has 0 amide bonds. The van der Waals surface area contributed by atoms with Crippen molar-refractivity contribution < 1.29 is 17.6 Å². The standard InChI is InChI=1S/C18H27N3O4S/c1-12(2)26(22,23)19-11-13-4-6-14(7-5-13)20-18-21-16-10-15(24-3)8-9-17(16)25-18/h8-10,12-14,19H,4-7,11H2,1-3H3,(H,20,21). The Labute approximate surface area is 154 Å². The van der Waals surface area contributed by atoms with Crippen LogP contribution in [0, 0.1) is 5.92 Å². The number of sulfonamides is 1. The topological polar surface area (TPSA) is 93.5 Å². The van der Waals surface area contributed by atoms with Gasteiger partial charge < -0.3 is 14.5 Å². The normalized spacial score (nSPS) is 21.2. The van der Waals surface area contributed by atoms with Crippen molar-refractivity contribution >= 4 is 27.1 Å². The third-order valence-electron chi connectivity index (χ3n) is 4.96. The molecule has 1 heterocycles. The van der Waals surface area contributed by atoms with Crippen LogP contribution >= 0.6 is 0 Å². The molecule has 0 unspecified atom stereocenters. The summed E-state index contributed by atoms with van der Waals surface area (Å²) in [5, 5.41) is 2.97. The first-order valence-electron chi connectivity index (χ1n) is 9.07. The van der Waals surface area contributed by atoms with Gasteiger partial charge in [0.1, 0.15) is 11.3 Å². The van der Waals surface area contributed by atoms with E-state index < -0.39 is 15.3 Å². The van der Waals surface area contributed by atoms with E-state index in [2.05, 4.69) is 15.0 Å². The summed E-state index contributed by atoms with van der Waals surface area (Å²) in [6, 6.07) is 6.37. The van der Waals surface area contributed by atoms with E-state index in [1.165, 1.54) is 0 Å². The molecule has 0 spiro atoms. The van der Waals surface area contributed by atoms with Gasteiger partial charge in [-0.2, -0.15) is 4.98 Å². The lowest BCUT2D eigenvalue weighted by molar-refractivity contribution is 0.334. The quantitative estimate of drug-likeness (QED) is 0.765. The van der Waals surface area contributed by atoms with Crippen LogP contribution in [0.1, 0.15) is 39.5 Å². The molecule has 8 heteroatoms. The maximum atomic E-state index is 11.9. The molecule has 1 fully saturated rings. The van der Waals surface area contributed by atoms with Gasteiger partial charge in [-0.3, -0.25) is 0 Å². The number of nitrogens with one attached hydrogen (secondary N) is 2. The molecule has 0 bridgehead atoms. The summed E-state index contributed by atoms with van der Waals surface area (Å²) in [5.74, 6) is 1.14. The van der Waals surface area contributed by atoms with E-state index in [1.54, 1.807) is 21.0 Å². The van der Waals surface area contributed by atoms with Crippen LogP contribution in [-0.2, 0) is 10.0 Å². The minimum Gasteiger partial charge on any atom is -0.497 e. The molecule has 2 aromatic rings. The van der Waals surface area contributed by atoms with Crippen LogP contribution in [0.4, 0.5) is 6.01 Å². The van der Waals surface area contributed by atoms with E-state index in [1.807, 2.05) is 18.2 Å². The molecule has 0 radical (unpaired) electrons. The van der Waals surface area contributed by atoms with Gasteiger partial charge in [-0.25, -0.2) is 13.1 Å². The molecule has 1 aliphatic carbocycles. The van der Waals surface area contributed by atoms with Gasteiger partial charge >= 0.3 is 0 Å². The molecule has 0 aliphatic heterocycles. The van der Waals surface area contributed by atoms with Crippen LogP contribution in [0.3, 0.4) is 0 Å². The fraction of sp³-hybridized carbons (Fsp3) is 0.611. The summed E-state index contributed by atoms with van der Waals surface area (Å²) in [7, 11) is -1.56. The van der Waals surface area contributed by atoms with Crippen molar-refractivity contribution in [2.75, 3.05) is 19.0 Å². The number of fused-ring (bicyclic) bond motifs is 1. The number of oxazole rings is 1. The fourth-order valence-corrected chi connectivity index (χ4v) is 3.98. The van der Waals surface area contributed by atoms with Crippen LogP contribution in [-0.4, -0.2) is 38.3 Å². The summed E-state index contributed by atoms with van der Waals surface area (Å²) >= 11 is 0. The lowest BCUT2D eigenvalue weighted by Gasteiger charge is -2.28. The van der Waals surface area contributed by atoms with Gasteiger partial charge in [-0.05, 0) is 57.6 Å². The minimum atomic E-state index is -3.18. The molecule has 1 aromatic carbocycles. The van der Waals surface area contributed by atoms with Crippen molar-refractivity contribution in [3.05, 3.63) is 18.2 Å². The van der Waals surface area contributed by atoms with Crippen LogP contribution in [0.5, 0.6) is 5.75 Å². The van der Waals surface area contributed by atoms with Gasteiger partial charge in [-0.15, -0.1) is 0 Å². The van der Waals surface area contributed by atoms with Gasteiger partial charge in [0, 0.05) is 18.7 Å². The highest BCUT2D eigenvalue weighted by molar-refractivity contribution is 7.90. The molecule has 7 nitrogen and oxygen atoms in total. The zero-order valence-electron chi connectivity index (χ0n) is 15.5. The van der Waals surface area contributed by atoms with Crippen molar-refractivity contribution in [2.45, 2.75) is 50.8 Å². The average Bonchev–Trinajstić information content (AvgIpc) is 3.02. The molecule has 0 saturated heterocycles. The van der Waals surface area contributed by atoms with Crippen molar-refractivity contribution in [1.29, 1.82) is 0 Å².